The Morgan fingerprint density at radius 1 is 0.794 bits per heavy atom. The van der Waals surface area contributed by atoms with Gasteiger partial charge in [-0.25, -0.2) is 4.79 Å². The van der Waals surface area contributed by atoms with Crippen molar-refractivity contribution in [3.63, 3.8) is 0 Å². The maximum atomic E-state index is 13.1. The van der Waals surface area contributed by atoms with Gasteiger partial charge in [-0.15, -0.1) is 0 Å². The Kier molecular flexibility index (Phi) is 7.71. The monoisotopic (exact) mass is 499 g/mol. The Bertz CT molecular complexity index is 1140. The van der Waals surface area contributed by atoms with Crippen molar-refractivity contribution in [3.8, 4) is 11.5 Å². The van der Waals surface area contributed by atoms with Gasteiger partial charge in [-0.3, -0.25) is 0 Å². The molecule has 0 spiro atoms. The molecular formula is C24H20F5O4S+. The van der Waals surface area contributed by atoms with E-state index in [0.29, 0.717) is 10.6 Å². The van der Waals surface area contributed by atoms with Gasteiger partial charge in [0.05, 0.1) is 19.8 Å². The number of halogens is 5. The van der Waals surface area contributed by atoms with Gasteiger partial charge >= 0.3 is 18.1 Å². The summed E-state index contributed by atoms with van der Waals surface area (Å²) in [6, 6.07) is 20.9. The second-order valence-corrected chi connectivity index (χ2v) is 8.88. The molecule has 0 amide bonds. The molecule has 3 rings (SSSR count). The highest BCUT2D eigenvalue weighted by Gasteiger charge is 2.58. The highest BCUT2D eigenvalue weighted by Crippen LogP contribution is 2.41. The number of esters is 1. The minimum atomic E-state index is -5.83. The lowest BCUT2D eigenvalue weighted by Crippen LogP contribution is -2.41. The van der Waals surface area contributed by atoms with Gasteiger partial charge in [0.1, 0.15) is 10.9 Å². The highest BCUT2D eigenvalue weighted by molar-refractivity contribution is 7.97. The van der Waals surface area contributed by atoms with Gasteiger partial charge < -0.3 is 14.2 Å². The molecule has 0 fully saturated rings. The van der Waals surface area contributed by atoms with Gasteiger partial charge in [0.2, 0.25) is 9.79 Å². The molecule has 0 aliphatic rings. The molecule has 1 unspecified atom stereocenters. The average Bonchev–Trinajstić information content (AvgIpc) is 2.83. The van der Waals surface area contributed by atoms with Crippen molar-refractivity contribution in [2.24, 2.45) is 0 Å². The molecule has 0 saturated carbocycles. The van der Waals surface area contributed by atoms with Crippen LogP contribution >= 0.6 is 0 Å². The average molecular weight is 499 g/mol. The SMILES string of the molecule is COc1ccccc1[S+](c1ccccc1)c1ccc(C(=O)OCC(F)(F)C(F)(F)F)cc1OC. The fourth-order valence-electron chi connectivity index (χ4n) is 3.00. The number of para-hydroxylation sites is 1. The second kappa shape index (κ2) is 10.3. The summed E-state index contributed by atoms with van der Waals surface area (Å²) in [6.45, 7) is -2.12. The number of ether oxygens (including phenoxy) is 3. The third kappa shape index (κ3) is 5.44. The highest BCUT2D eigenvalue weighted by atomic mass is 32.2. The lowest BCUT2D eigenvalue weighted by molar-refractivity contribution is -0.292. The second-order valence-electron chi connectivity index (χ2n) is 6.91. The standard InChI is InChI=1S/C24H20F5O4S/c1-31-18-10-6-7-11-20(18)34(17-8-4-3-5-9-17)21-13-12-16(14-19(21)32-2)22(30)33-15-23(25,26)24(27,28)29/h3-14H,15H2,1-2H3/q+1. The lowest BCUT2D eigenvalue weighted by atomic mass is 10.2. The minimum absolute atomic E-state index is 0.227. The van der Waals surface area contributed by atoms with Gasteiger partial charge in [0.15, 0.2) is 23.0 Å². The molecule has 0 saturated heterocycles. The van der Waals surface area contributed by atoms with Crippen LogP contribution in [0.15, 0.2) is 87.5 Å². The van der Waals surface area contributed by atoms with E-state index < -0.39 is 35.6 Å². The molecular weight excluding hydrogens is 479 g/mol. The Balaban J connectivity index is 2.00. The van der Waals surface area contributed by atoms with Crippen molar-refractivity contribution in [1.29, 1.82) is 0 Å². The molecule has 0 bridgehead atoms. The molecule has 3 aromatic carbocycles. The number of methoxy groups -OCH3 is 2. The quantitative estimate of drug-likeness (QED) is 0.212. The fourth-order valence-corrected chi connectivity index (χ4v) is 5.29. The number of hydrogen-bond donors (Lipinski definition) is 0. The van der Waals surface area contributed by atoms with Crippen LogP contribution in [0.4, 0.5) is 22.0 Å². The Labute approximate surface area is 195 Å². The first-order chi connectivity index (χ1) is 16.1. The summed E-state index contributed by atoms with van der Waals surface area (Å²) in [7, 11) is 2.14. The first-order valence-corrected chi connectivity index (χ1v) is 11.0. The molecule has 10 heteroatoms. The van der Waals surface area contributed by atoms with Crippen molar-refractivity contribution < 1.29 is 41.0 Å². The van der Waals surface area contributed by atoms with Crippen molar-refractivity contribution >= 4 is 16.9 Å². The van der Waals surface area contributed by atoms with Gasteiger partial charge in [0, 0.05) is 0 Å². The summed E-state index contributed by atoms with van der Waals surface area (Å²) in [5, 5.41) is 0. The third-order valence-corrected chi connectivity index (χ3v) is 6.98. The van der Waals surface area contributed by atoms with Gasteiger partial charge in [0.25, 0.3) is 0 Å². The summed E-state index contributed by atoms with van der Waals surface area (Å²) in [5.41, 5.74) is -0.227. The number of alkyl halides is 5. The number of carbonyl (C=O) groups excluding carboxylic acids is 1. The fraction of sp³-hybridized carbons (Fsp3) is 0.208. The van der Waals surface area contributed by atoms with E-state index in [9.17, 15) is 26.7 Å². The van der Waals surface area contributed by atoms with Crippen molar-refractivity contribution in [2.75, 3.05) is 20.8 Å². The molecule has 0 N–H and O–H groups in total. The van der Waals surface area contributed by atoms with Crippen LogP contribution in [0, 0.1) is 0 Å². The van der Waals surface area contributed by atoms with Crippen LogP contribution < -0.4 is 9.47 Å². The molecule has 0 aliphatic carbocycles. The van der Waals surface area contributed by atoms with Crippen LogP contribution in [0.5, 0.6) is 11.5 Å². The van der Waals surface area contributed by atoms with Crippen LogP contribution in [-0.4, -0.2) is 38.9 Å². The molecule has 1 atom stereocenters. The third-order valence-electron chi connectivity index (χ3n) is 4.69. The first-order valence-electron chi connectivity index (χ1n) is 9.81. The van der Waals surface area contributed by atoms with Gasteiger partial charge in [-0.1, -0.05) is 30.3 Å². The number of carbonyl (C=O) groups is 1. The molecule has 3 aromatic rings. The molecule has 0 aromatic heterocycles. The summed E-state index contributed by atoms with van der Waals surface area (Å²) in [4.78, 5) is 14.6. The van der Waals surface area contributed by atoms with Crippen molar-refractivity contribution in [1.82, 2.24) is 0 Å². The summed E-state index contributed by atoms with van der Waals surface area (Å²) in [6.07, 6.45) is -5.83. The van der Waals surface area contributed by atoms with E-state index >= 15 is 0 Å². The van der Waals surface area contributed by atoms with Crippen LogP contribution in [0.1, 0.15) is 10.4 Å². The molecule has 0 radical (unpaired) electrons. The molecule has 180 valence electrons. The zero-order valence-electron chi connectivity index (χ0n) is 18.1. The van der Waals surface area contributed by atoms with Crippen molar-refractivity contribution in [2.45, 2.75) is 26.8 Å². The molecule has 34 heavy (non-hydrogen) atoms. The molecule has 0 aliphatic heterocycles. The lowest BCUT2D eigenvalue weighted by Gasteiger charge is -2.19. The topological polar surface area (TPSA) is 44.8 Å². The predicted octanol–water partition coefficient (Wildman–Crippen LogP) is 6.15. The molecule has 0 heterocycles. The van der Waals surface area contributed by atoms with Crippen LogP contribution in [0.25, 0.3) is 0 Å². The maximum Gasteiger partial charge on any atom is 0.456 e. The van der Waals surface area contributed by atoms with Gasteiger partial charge in [-0.2, -0.15) is 22.0 Å². The smallest absolute Gasteiger partial charge is 0.456 e. The van der Waals surface area contributed by atoms with Crippen LogP contribution in [0.2, 0.25) is 0 Å². The summed E-state index contributed by atoms with van der Waals surface area (Å²) < 4.78 is 78.6. The summed E-state index contributed by atoms with van der Waals surface area (Å²) in [5.74, 6) is -5.63. The van der Waals surface area contributed by atoms with E-state index in [1.54, 1.807) is 19.2 Å². The first kappa shape index (κ1) is 25.4. The minimum Gasteiger partial charge on any atom is -0.491 e. The van der Waals surface area contributed by atoms with E-state index in [4.69, 9.17) is 9.47 Å². The Morgan fingerprint density at radius 3 is 2.00 bits per heavy atom. The predicted molar refractivity (Wildman–Crippen MR) is 116 cm³/mol. The Morgan fingerprint density at radius 2 is 1.38 bits per heavy atom. The van der Waals surface area contributed by atoms with Gasteiger partial charge in [-0.05, 0) is 42.5 Å². The normalized spacial score (nSPS) is 12.7. The Hall–Kier alpha value is -3.27. The largest absolute Gasteiger partial charge is 0.491 e. The van der Waals surface area contributed by atoms with E-state index in [1.807, 2.05) is 48.5 Å². The zero-order chi connectivity index (χ0) is 24.9. The molecule has 4 nitrogen and oxygen atoms in total. The van der Waals surface area contributed by atoms with E-state index in [0.717, 1.165) is 9.79 Å². The van der Waals surface area contributed by atoms with E-state index in [2.05, 4.69) is 4.74 Å². The number of rotatable bonds is 8. The maximum absolute atomic E-state index is 13.1. The van der Waals surface area contributed by atoms with E-state index in [1.165, 1.54) is 19.2 Å². The number of benzene rings is 3. The van der Waals surface area contributed by atoms with E-state index in [-0.39, 0.29) is 11.3 Å². The summed E-state index contributed by atoms with van der Waals surface area (Å²) >= 11 is 0. The van der Waals surface area contributed by atoms with Crippen molar-refractivity contribution in [3.05, 3.63) is 78.4 Å². The van der Waals surface area contributed by atoms with Crippen LogP contribution in [-0.2, 0) is 15.6 Å². The van der Waals surface area contributed by atoms with Crippen LogP contribution in [0.3, 0.4) is 0 Å². The number of hydrogen-bond acceptors (Lipinski definition) is 4. The zero-order valence-corrected chi connectivity index (χ0v) is 18.9.